The molecule has 1 aromatic carbocycles. The zero-order valence-electron chi connectivity index (χ0n) is 8.92. The molecule has 1 atom stereocenters. The predicted octanol–water partition coefficient (Wildman–Crippen LogP) is 3.26. The molecular formula is C12H18O. The van der Waals surface area contributed by atoms with Crippen LogP contribution in [-0.4, -0.2) is 7.11 Å². The molecular weight excluding hydrogens is 160 g/mol. The lowest BCUT2D eigenvalue weighted by molar-refractivity contribution is 0.119. The molecule has 1 nitrogen and oxygen atoms in total. The molecule has 0 radical (unpaired) electrons. The van der Waals surface area contributed by atoms with Crippen molar-refractivity contribution < 1.29 is 4.74 Å². The van der Waals surface area contributed by atoms with Crippen molar-refractivity contribution in [1.29, 1.82) is 0 Å². The summed E-state index contributed by atoms with van der Waals surface area (Å²) in [6.45, 7) is 6.38. The summed E-state index contributed by atoms with van der Waals surface area (Å²) in [6, 6.07) is 6.57. The van der Waals surface area contributed by atoms with Crippen LogP contribution in [0, 0.1) is 6.92 Å². The van der Waals surface area contributed by atoms with Crippen LogP contribution in [0.25, 0.3) is 0 Å². The van der Waals surface area contributed by atoms with Gasteiger partial charge in [-0.2, -0.15) is 0 Å². The van der Waals surface area contributed by atoms with Gasteiger partial charge in [0.2, 0.25) is 0 Å². The fourth-order valence-corrected chi connectivity index (χ4v) is 1.54. The maximum atomic E-state index is 5.33. The third kappa shape index (κ3) is 2.31. The number of hydrogen-bond acceptors (Lipinski definition) is 1. The highest BCUT2D eigenvalue weighted by molar-refractivity contribution is 5.33. The van der Waals surface area contributed by atoms with E-state index in [1.807, 2.05) is 0 Å². The largest absolute Gasteiger partial charge is 0.377 e. The molecule has 0 amide bonds. The van der Waals surface area contributed by atoms with E-state index in [0.717, 1.165) is 6.42 Å². The SMILES string of the molecule is CCc1ccc(C)cc1C(C)OC. The zero-order valence-corrected chi connectivity index (χ0v) is 8.92. The molecule has 1 unspecified atom stereocenters. The van der Waals surface area contributed by atoms with Crippen LogP contribution in [-0.2, 0) is 11.2 Å². The van der Waals surface area contributed by atoms with Gasteiger partial charge in [0.1, 0.15) is 0 Å². The Morgan fingerprint density at radius 1 is 1.38 bits per heavy atom. The lowest BCUT2D eigenvalue weighted by Gasteiger charge is -2.14. The first-order chi connectivity index (χ1) is 6.19. The fraction of sp³-hybridized carbons (Fsp3) is 0.500. The van der Waals surface area contributed by atoms with Crippen LogP contribution >= 0.6 is 0 Å². The molecule has 0 aliphatic rings. The second-order valence-electron chi connectivity index (χ2n) is 3.43. The molecule has 1 rings (SSSR count). The van der Waals surface area contributed by atoms with E-state index in [4.69, 9.17) is 4.74 Å². The summed E-state index contributed by atoms with van der Waals surface area (Å²) in [6.07, 6.45) is 1.28. The number of ether oxygens (including phenoxy) is 1. The van der Waals surface area contributed by atoms with Crippen LogP contribution in [0.4, 0.5) is 0 Å². The summed E-state index contributed by atoms with van der Waals surface area (Å²) in [5.74, 6) is 0. The number of benzene rings is 1. The van der Waals surface area contributed by atoms with Crippen molar-refractivity contribution in [2.75, 3.05) is 7.11 Å². The first kappa shape index (κ1) is 10.3. The smallest absolute Gasteiger partial charge is 0.0795 e. The van der Waals surface area contributed by atoms with Crippen molar-refractivity contribution >= 4 is 0 Å². The molecule has 0 saturated carbocycles. The summed E-state index contributed by atoms with van der Waals surface area (Å²) < 4.78 is 5.33. The summed E-state index contributed by atoms with van der Waals surface area (Å²) in [7, 11) is 1.76. The molecule has 0 fully saturated rings. The second-order valence-corrected chi connectivity index (χ2v) is 3.43. The Hall–Kier alpha value is -0.820. The van der Waals surface area contributed by atoms with E-state index in [0.29, 0.717) is 0 Å². The lowest BCUT2D eigenvalue weighted by Crippen LogP contribution is -2.01. The van der Waals surface area contributed by atoms with Crippen molar-refractivity contribution in [3.63, 3.8) is 0 Å². The highest BCUT2D eigenvalue weighted by Crippen LogP contribution is 2.22. The first-order valence-corrected chi connectivity index (χ1v) is 4.81. The average Bonchev–Trinajstić information content (AvgIpc) is 2.16. The van der Waals surface area contributed by atoms with Gasteiger partial charge in [-0.25, -0.2) is 0 Å². The lowest BCUT2D eigenvalue weighted by atomic mass is 9.99. The third-order valence-electron chi connectivity index (χ3n) is 2.47. The van der Waals surface area contributed by atoms with Crippen molar-refractivity contribution in [2.24, 2.45) is 0 Å². The molecule has 1 heteroatoms. The van der Waals surface area contributed by atoms with E-state index in [-0.39, 0.29) is 6.10 Å². The van der Waals surface area contributed by atoms with Gasteiger partial charge in [-0.05, 0) is 31.4 Å². The molecule has 0 aliphatic carbocycles. The normalized spacial score (nSPS) is 12.9. The Balaban J connectivity index is 3.07. The Kier molecular flexibility index (Phi) is 3.49. The van der Waals surface area contributed by atoms with Crippen LogP contribution < -0.4 is 0 Å². The van der Waals surface area contributed by atoms with Gasteiger partial charge in [-0.3, -0.25) is 0 Å². The molecule has 0 aromatic heterocycles. The summed E-state index contributed by atoms with van der Waals surface area (Å²) >= 11 is 0. The van der Waals surface area contributed by atoms with Crippen LogP contribution in [0.5, 0.6) is 0 Å². The Morgan fingerprint density at radius 3 is 2.62 bits per heavy atom. The van der Waals surface area contributed by atoms with Gasteiger partial charge in [-0.15, -0.1) is 0 Å². The van der Waals surface area contributed by atoms with Gasteiger partial charge in [-0.1, -0.05) is 30.7 Å². The van der Waals surface area contributed by atoms with Gasteiger partial charge in [0.15, 0.2) is 0 Å². The van der Waals surface area contributed by atoms with E-state index < -0.39 is 0 Å². The first-order valence-electron chi connectivity index (χ1n) is 4.81. The van der Waals surface area contributed by atoms with Gasteiger partial charge < -0.3 is 4.74 Å². The van der Waals surface area contributed by atoms with Gasteiger partial charge >= 0.3 is 0 Å². The van der Waals surface area contributed by atoms with Gasteiger partial charge in [0.05, 0.1) is 6.10 Å². The van der Waals surface area contributed by atoms with E-state index >= 15 is 0 Å². The molecule has 0 bridgehead atoms. The maximum absolute atomic E-state index is 5.33. The van der Waals surface area contributed by atoms with E-state index in [2.05, 4.69) is 39.0 Å². The quantitative estimate of drug-likeness (QED) is 0.690. The molecule has 0 N–H and O–H groups in total. The molecule has 1 aromatic rings. The van der Waals surface area contributed by atoms with Crippen LogP contribution in [0.2, 0.25) is 0 Å². The van der Waals surface area contributed by atoms with Gasteiger partial charge in [0.25, 0.3) is 0 Å². The summed E-state index contributed by atoms with van der Waals surface area (Å²) in [5.41, 5.74) is 4.01. The van der Waals surface area contributed by atoms with Crippen molar-refractivity contribution in [3.05, 3.63) is 34.9 Å². The van der Waals surface area contributed by atoms with E-state index in [1.165, 1.54) is 16.7 Å². The zero-order chi connectivity index (χ0) is 9.84. The highest BCUT2D eigenvalue weighted by atomic mass is 16.5. The van der Waals surface area contributed by atoms with Crippen molar-refractivity contribution in [3.8, 4) is 0 Å². The molecule has 0 saturated heterocycles. The van der Waals surface area contributed by atoms with Crippen LogP contribution in [0.3, 0.4) is 0 Å². The number of hydrogen-bond donors (Lipinski definition) is 0. The third-order valence-corrected chi connectivity index (χ3v) is 2.47. The number of rotatable bonds is 3. The van der Waals surface area contributed by atoms with Gasteiger partial charge in [0, 0.05) is 7.11 Å². The molecule has 13 heavy (non-hydrogen) atoms. The number of aryl methyl sites for hydroxylation is 2. The Morgan fingerprint density at radius 2 is 2.08 bits per heavy atom. The molecule has 0 spiro atoms. The highest BCUT2D eigenvalue weighted by Gasteiger charge is 2.08. The van der Waals surface area contributed by atoms with Crippen LogP contribution in [0.15, 0.2) is 18.2 Å². The minimum atomic E-state index is 0.204. The Labute approximate surface area is 80.7 Å². The Bertz CT molecular complexity index is 278. The maximum Gasteiger partial charge on any atom is 0.0795 e. The van der Waals surface area contributed by atoms with E-state index in [1.54, 1.807) is 7.11 Å². The summed E-state index contributed by atoms with van der Waals surface area (Å²) in [4.78, 5) is 0. The summed E-state index contributed by atoms with van der Waals surface area (Å²) in [5, 5.41) is 0. The predicted molar refractivity (Wildman–Crippen MR) is 56.0 cm³/mol. The van der Waals surface area contributed by atoms with Crippen LogP contribution in [0.1, 0.15) is 36.6 Å². The topological polar surface area (TPSA) is 9.23 Å². The minimum Gasteiger partial charge on any atom is -0.377 e. The minimum absolute atomic E-state index is 0.204. The average molecular weight is 178 g/mol. The number of methoxy groups -OCH3 is 1. The molecule has 0 heterocycles. The molecule has 0 aliphatic heterocycles. The van der Waals surface area contributed by atoms with E-state index in [9.17, 15) is 0 Å². The van der Waals surface area contributed by atoms with Crippen molar-refractivity contribution in [2.45, 2.75) is 33.3 Å². The van der Waals surface area contributed by atoms with Crippen molar-refractivity contribution in [1.82, 2.24) is 0 Å². The fourth-order valence-electron chi connectivity index (χ4n) is 1.54. The molecule has 72 valence electrons. The standard InChI is InChI=1S/C12H18O/c1-5-11-7-6-9(2)8-12(11)10(3)13-4/h6-8,10H,5H2,1-4H3. The monoisotopic (exact) mass is 178 g/mol. The second kappa shape index (κ2) is 4.43.